The molecular formula is C16H22BrNO. The van der Waals surface area contributed by atoms with Gasteiger partial charge in [-0.25, -0.2) is 0 Å². The molecular weight excluding hydrogens is 302 g/mol. The Bertz CT molecular complexity index is 460. The second-order valence-corrected chi connectivity index (χ2v) is 6.84. The Morgan fingerprint density at radius 2 is 2.05 bits per heavy atom. The first-order valence-electron chi connectivity index (χ1n) is 7.41. The summed E-state index contributed by atoms with van der Waals surface area (Å²) in [6.07, 6.45) is 6.46. The molecule has 2 fully saturated rings. The van der Waals surface area contributed by atoms with Crippen molar-refractivity contribution in [2.24, 2.45) is 5.92 Å². The highest BCUT2D eigenvalue weighted by atomic mass is 79.9. The first kappa shape index (κ1) is 13.4. The third kappa shape index (κ3) is 2.55. The number of aliphatic hydroxyl groups excluding tert-OH is 1. The van der Waals surface area contributed by atoms with E-state index in [1.165, 1.54) is 44.3 Å². The van der Waals surface area contributed by atoms with Crippen LogP contribution in [0.2, 0.25) is 0 Å². The smallest absolute Gasteiger partial charge is 0.0762 e. The number of fused-ring (bicyclic) bond motifs is 1. The zero-order valence-corrected chi connectivity index (χ0v) is 13.1. The van der Waals surface area contributed by atoms with Crippen molar-refractivity contribution in [2.45, 2.75) is 51.2 Å². The molecule has 2 aliphatic rings. The van der Waals surface area contributed by atoms with Gasteiger partial charge in [0.2, 0.25) is 0 Å². The van der Waals surface area contributed by atoms with Crippen LogP contribution in [-0.2, 0) is 0 Å². The number of anilines is 1. The summed E-state index contributed by atoms with van der Waals surface area (Å²) < 4.78 is 1.12. The first-order chi connectivity index (χ1) is 9.16. The average Bonchev–Trinajstić information content (AvgIpc) is 2.86. The fourth-order valence-corrected chi connectivity index (χ4v) is 4.39. The van der Waals surface area contributed by atoms with Crippen LogP contribution < -0.4 is 4.90 Å². The zero-order valence-electron chi connectivity index (χ0n) is 11.5. The lowest BCUT2D eigenvalue weighted by molar-refractivity contribution is 0.199. The van der Waals surface area contributed by atoms with Crippen molar-refractivity contribution >= 4 is 21.6 Å². The summed E-state index contributed by atoms with van der Waals surface area (Å²) in [6, 6.07) is 7.04. The molecule has 3 heteroatoms. The Morgan fingerprint density at radius 1 is 1.26 bits per heavy atom. The van der Waals surface area contributed by atoms with Gasteiger partial charge in [0.05, 0.1) is 11.8 Å². The molecule has 2 nitrogen and oxygen atoms in total. The summed E-state index contributed by atoms with van der Waals surface area (Å²) in [4.78, 5) is 2.59. The lowest BCUT2D eigenvalue weighted by Crippen LogP contribution is -2.42. The normalized spacial score (nSPS) is 28.3. The number of aliphatic hydroxyl groups is 1. The van der Waals surface area contributed by atoms with Gasteiger partial charge in [0, 0.05) is 17.1 Å². The zero-order chi connectivity index (χ0) is 13.4. The molecule has 0 radical (unpaired) electrons. The molecule has 1 aliphatic heterocycles. The van der Waals surface area contributed by atoms with Crippen LogP contribution in [0.25, 0.3) is 0 Å². The minimum absolute atomic E-state index is 0.397. The van der Waals surface area contributed by atoms with E-state index in [1.54, 1.807) is 0 Å². The van der Waals surface area contributed by atoms with E-state index in [-0.39, 0.29) is 0 Å². The topological polar surface area (TPSA) is 23.5 Å². The molecule has 2 unspecified atom stereocenters. The fraction of sp³-hybridized carbons (Fsp3) is 0.625. The summed E-state index contributed by atoms with van der Waals surface area (Å²) in [5, 5.41) is 9.67. The summed E-state index contributed by atoms with van der Waals surface area (Å²) in [5.41, 5.74) is 2.29. The van der Waals surface area contributed by atoms with E-state index in [0.717, 1.165) is 22.0 Å². The maximum absolute atomic E-state index is 9.67. The number of halogens is 1. The molecule has 1 N–H and O–H groups in total. The van der Waals surface area contributed by atoms with Gasteiger partial charge in [-0.1, -0.05) is 12.5 Å². The van der Waals surface area contributed by atoms with Crippen LogP contribution in [0.3, 0.4) is 0 Å². The molecule has 1 heterocycles. The molecule has 0 spiro atoms. The molecule has 1 aromatic carbocycles. The van der Waals surface area contributed by atoms with Crippen molar-refractivity contribution in [3.05, 3.63) is 28.2 Å². The number of hydrogen-bond acceptors (Lipinski definition) is 2. The Morgan fingerprint density at radius 3 is 2.79 bits per heavy atom. The van der Waals surface area contributed by atoms with E-state index in [1.807, 2.05) is 6.92 Å². The van der Waals surface area contributed by atoms with E-state index < -0.39 is 6.10 Å². The molecule has 1 aliphatic carbocycles. The Kier molecular flexibility index (Phi) is 3.86. The molecule has 104 valence electrons. The minimum atomic E-state index is -0.397. The number of piperidine rings is 1. The Labute approximate surface area is 123 Å². The Hall–Kier alpha value is -0.540. The summed E-state index contributed by atoms with van der Waals surface area (Å²) >= 11 is 3.70. The number of nitrogens with zero attached hydrogens (tertiary/aromatic N) is 1. The van der Waals surface area contributed by atoms with Crippen LogP contribution in [0.1, 0.15) is 50.7 Å². The molecule has 1 saturated heterocycles. The second kappa shape index (κ2) is 5.45. The highest BCUT2D eigenvalue weighted by Crippen LogP contribution is 2.41. The Balaban J connectivity index is 1.88. The van der Waals surface area contributed by atoms with Crippen molar-refractivity contribution < 1.29 is 5.11 Å². The molecule has 3 atom stereocenters. The van der Waals surface area contributed by atoms with Crippen LogP contribution in [-0.4, -0.2) is 17.7 Å². The van der Waals surface area contributed by atoms with Crippen LogP contribution >= 0.6 is 15.9 Å². The van der Waals surface area contributed by atoms with E-state index in [2.05, 4.69) is 39.0 Å². The van der Waals surface area contributed by atoms with Crippen LogP contribution in [0.4, 0.5) is 5.69 Å². The maximum atomic E-state index is 9.67. The predicted molar refractivity (Wildman–Crippen MR) is 82.5 cm³/mol. The largest absolute Gasteiger partial charge is 0.389 e. The van der Waals surface area contributed by atoms with Crippen molar-refractivity contribution in [1.29, 1.82) is 0 Å². The van der Waals surface area contributed by atoms with E-state index in [9.17, 15) is 5.11 Å². The van der Waals surface area contributed by atoms with Crippen LogP contribution in [0.15, 0.2) is 22.7 Å². The van der Waals surface area contributed by atoms with Gasteiger partial charge in [-0.15, -0.1) is 0 Å². The van der Waals surface area contributed by atoms with E-state index >= 15 is 0 Å². The quantitative estimate of drug-likeness (QED) is 0.878. The predicted octanol–water partition coefficient (Wildman–Crippen LogP) is 4.27. The molecule has 0 bridgehead atoms. The van der Waals surface area contributed by atoms with Gasteiger partial charge in [-0.2, -0.15) is 0 Å². The van der Waals surface area contributed by atoms with Gasteiger partial charge < -0.3 is 10.0 Å². The highest BCUT2D eigenvalue weighted by Gasteiger charge is 2.35. The summed E-state index contributed by atoms with van der Waals surface area (Å²) in [5.74, 6) is 0.900. The lowest BCUT2D eigenvalue weighted by atomic mass is 9.91. The maximum Gasteiger partial charge on any atom is 0.0762 e. The monoisotopic (exact) mass is 323 g/mol. The van der Waals surface area contributed by atoms with Crippen LogP contribution in [0, 0.1) is 5.92 Å². The third-order valence-corrected chi connectivity index (χ3v) is 5.39. The number of rotatable bonds is 2. The van der Waals surface area contributed by atoms with Gasteiger partial charge in [-0.3, -0.25) is 0 Å². The van der Waals surface area contributed by atoms with Crippen molar-refractivity contribution in [2.75, 3.05) is 11.4 Å². The SMILES string of the molecule is C[C@H](O)c1ccc(N2CCCC3CCCC32)c(Br)c1. The number of benzene rings is 1. The number of hydrogen-bond donors (Lipinski definition) is 1. The third-order valence-electron chi connectivity index (χ3n) is 4.76. The van der Waals surface area contributed by atoms with Crippen molar-refractivity contribution in [1.82, 2.24) is 0 Å². The van der Waals surface area contributed by atoms with E-state index in [4.69, 9.17) is 0 Å². The molecule has 0 amide bonds. The van der Waals surface area contributed by atoms with Gasteiger partial charge in [-0.05, 0) is 72.2 Å². The van der Waals surface area contributed by atoms with Crippen molar-refractivity contribution in [3.8, 4) is 0 Å². The van der Waals surface area contributed by atoms with E-state index in [0.29, 0.717) is 0 Å². The summed E-state index contributed by atoms with van der Waals surface area (Å²) in [7, 11) is 0. The molecule has 19 heavy (non-hydrogen) atoms. The highest BCUT2D eigenvalue weighted by molar-refractivity contribution is 9.10. The molecule has 1 saturated carbocycles. The lowest BCUT2D eigenvalue weighted by Gasteiger charge is -2.40. The fourth-order valence-electron chi connectivity index (χ4n) is 3.77. The standard InChI is InChI=1S/C16H22BrNO/c1-11(19)13-7-8-16(14(17)10-13)18-9-3-5-12-4-2-6-15(12)18/h7-8,10-12,15,19H,2-6,9H2,1H3/t11-,12?,15?/m0/s1. The van der Waals surface area contributed by atoms with Gasteiger partial charge >= 0.3 is 0 Å². The van der Waals surface area contributed by atoms with Gasteiger partial charge in [0.25, 0.3) is 0 Å². The van der Waals surface area contributed by atoms with Gasteiger partial charge in [0.15, 0.2) is 0 Å². The van der Waals surface area contributed by atoms with Crippen molar-refractivity contribution in [3.63, 3.8) is 0 Å². The first-order valence-corrected chi connectivity index (χ1v) is 8.20. The summed E-state index contributed by atoms with van der Waals surface area (Å²) in [6.45, 7) is 2.99. The minimum Gasteiger partial charge on any atom is -0.389 e. The molecule has 0 aromatic heterocycles. The molecule has 1 aromatic rings. The average molecular weight is 324 g/mol. The van der Waals surface area contributed by atoms with Crippen LogP contribution in [0.5, 0.6) is 0 Å². The second-order valence-electron chi connectivity index (χ2n) is 5.98. The van der Waals surface area contributed by atoms with Gasteiger partial charge in [0.1, 0.15) is 0 Å². The molecule has 3 rings (SSSR count).